The highest BCUT2D eigenvalue weighted by Crippen LogP contribution is 2.12. The van der Waals surface area contributed by atoms with E-state index in [4.69, 9.17) is 0 Å². The van der Waals surface area contributed by atoms with Crippen LogP contribution in [0, 0.1) is 0 Å². The van der Waals surface area contributed by atoms with Crippen LogP contribution in [0.5, 0.6) is 0 Å². The fourth-order valence-corrected chi connectivity index (χ4v) is 1.49. The zero-order valence-corrected chi connectivity index (χ0v) is 7.81. The monoisotopic (exact) mass is 173 g/mol. The van der Waals surface area contributed by atoms with Gasteiger partial charge in [-0.3, -0.25) is 4.79 Å². The van der Waals surface area contributed by atoms with E-state index in [1.165, 1.54) is 0 Å². The Hall–Kier alpha value is -0.180. The second-order valence-corrected chi connectivity index (χ2v) is 3.58. The molecule has 0 aromatic rings. The molecule has 1 rings (SSSR count). The van der Waals surface area contributed by atoms with Crippen LogP contribution in [0.4, 0.5) is 0 Å². The van der Waals surface area contributed by atoms with Crippen LogP contribution < -0.4 is 0 Å². The number of amides is 1. The van der Waals surface area contributed by atoms with Gasteiger partial charge in [-0.15, -0.1) is 0 Å². The van der Waals surface area contributed by atoms with Crippen LogP contribution in [0.15, 0.2) is 0 Å². The molecular formula is C8H15NOS. The molecule has 0 bridgehead atoms. The first-order valence-corrected chi connectivity index (χ1v) is 4.74. The lowest BCUT2D eigenvalue weighted by molar-refractivity contribution is -0.129. The molecule has 1 heterocycles. The Kier molecular flexibility index (Phi) is 3.24. The number of carbonyl (C=O) groups excluding carboxylic acids is 1. The third kappa shape index (κ3) is 2.12. The van der Waals surface area contributed by atoms with E-state index in [2.05, 4.69) is 12.6 Å². The lowest BCUT2D eigenvalue weighted by Gasteiger charge is -2.18. The summed E-state index contributed by atoms with van der Waals surface area (Å²) in [7, 11) is 0. The van der Waals surface area contributed by atoms with Gasteiger partial charge in [-0.2, -0.15) is 12.6 Å². The number of hydrogen-bond donors (Lipinski definition) is 1. The van der Waals surface area contributed by atoms with Crippen LogP contribution in [-0.2, 0) is 4.79 Å². The van der Waals surface area contributed by atoms with Gasteiger partial charge < -0.3 is 4.90 Å². The summed E-state index contributed by atoms with van der Waals surface area (Å²) in [5.41, 5.74) is 0. The molecule has 11 heavy (non-hydrogen) atoms. The molecule has 1 unspecified atom stereocenters. The van der Waals surface area contributed by atoms with Crippen molar-refractivity contribution in [3.05, 3.63) is 0 Å². The summed E-state index contributed by atoms with van der Waals surface area (Å²) in [6.45, 7) is 3.87. The molecule has 0 aromatic carbocycles. The highest BCUT2D eigenvalue weighted by atomic mass is 32.1. The molecule has 0 spiro atoms. The average Bonchev–Trinajstić information content (AvgIpc) is 2.53. The molecule has 0 N–H and O–H groups in total. The molecule has 1 fully saturated rings. The van der Waals surface area contributed by atoms with Crippen molar-refractivity contribution in [2.75, 3.05) is 13.1 Å². The lowest BCUT2D eigenvalue weighted by Crippen LogP contribution is -2.34. The predicted molar refractivity (Wildman–Crippen MR) is 48.9 cm³/mol. The van der Waals surface area contributed by atoms with Gasteiger partial charge in [0, 0.05) is 13.1 Å². The topological polar surface area (TPSA) is 20.3 Å². The molecule has 1 amide bonds. The first-order valence-electron chi connectivity index (χ1n) is 4.22. The molecular weight excluding hydrogens is 158 g/mol. The van der Waals surface area contributed by atoms with E-state index in [1.807, 2.05) is 11.8 Å². The summed E-state index contributed by atoms with van der Waals surface area (Å²) < 4.78 is 0. The average molecular weight is 173 g/mol. The first kappa shape index (κ1) is 8.91. The minimum absolute atomic E-state index is 0.0758. The summed E-state index contributed by atoms with van der Waals surface area (Å²) in [5, 5.41) is -0.0758. The van der Waals surface area contributed by atoms with Gasteiger partial charge in [0.25, 0.3) is 0 Å². The minimum Gasteiger partial charge on any atom is -0.342 e. The number of rotatable bonds is 2. The van der Waals surface area contributed by atoms with Gasteiger partial charge in [0.2, 0.25) is 5.91 Å². The summed E-state index contributed by atoms with van der Waals surface area (Å²) >= 11 is 4.21. The SMILES string of the molecule is CCC(S)C(=O)N1CCCC1. The van der Waals surface area contributed by atoms with Crippen molar-refractivity contribution in [3.8, 4) is 0 Å². The molecule has 0 saturated carbocycles. The van der Waals surface area contributed by atoms with E-state index in [0.29, 0.717) is 0 Å². The van der Waals surface area contributed by atoms with Crippen molar-refractivity contribution in [3.63, 3.8) is 0 Å². The second-order valence-electron chi connectivity index (χ2n) is 2.96. The Balaban J connectivity index is 2.39. The van der Waals surface area contributed by atoms with Crippen LogP contribution in [0.3, 0.4) is 0 Å². The summed E-state index contributed by atoms with van der Waals surface area (Å²) in [5.74, 6) is 0.216. The van der Waals surface area contributed by atoms with Crippen molar-refractivity contribution in [2.45, 2.75) is 31.4 Å². The van der Waals surface area contributed by atoms with Crippen molar-refractivity contribution < 1.29 is 4.79 Å². The molecule has 1 aliphatic heterocycles. The Morgan fingerprint density at radius 1 is 1.55 bits per heavy atom. The first-order chi connectivity index (χ1) is 5.25. The number of carbonyl (C=O) groups is 1. The fraction of sp³-hybridized carbons (Fsp3) is 0.875. The van der Waals surface area contributed by atoms with Gasteiger partial charge in [0.05, 0.1) is 5.25 Å². The number of nitrogens with zero attached hydrogens (tertiary/aromatic N) is 1. The molecule has 64 valence electrons. The highest BCUT2D eigenvalue weighted by Gasteiger charge is 2.21. The normalized spacial score (nSPS) is 20.4. The smallest absolute Gasteiger partial charge is 0.235 e. The predicted octanol–water partition coefficient (Wildman–Crippen LogP) is 1.32. The molecule has 1 saturated heterocycles. The van der Waals surface area contributed by atoms with Crippen LogP contribution in [0.2, 0.25) is 0 Å². The van der Waals surface area contributed by atoms with Crippen molar-refractivity contribution in [1.29, 1.82) is 0 Å². The zero-order chi connectivity index (χ0) is 8.27. The highest BCUT2D eigenvalue weighted by molar-refractivity contribution is 7.81. The number of thiol groups is 1. The zero-order valence-electron chi connectivity index (χ0n) is 6.92. The van der Waals surface area contributed by atoms with E-state index >= 15 is 0 Å². The maximum absolute atomic E-state index is 11.4. The van der Waals surface area contributed by atoms with Gasteiger partial charge in [-0.05, 0) is 19.3 Å². The second kappa shape index (κ2) is 4.00. The molecule has 0 radical (unpaired) electrons. The molecule has 0 aromatic heterocycles. The summed E-state index contributed by atoms with van der Waals surface area (Å²) in [4.78, 5) is 13.3. The Bertz CT molecular complexity index is 143. The van der Waals surface area contributed by atoms with E-state index in [9.17, 15) is 4.79 Å². The Morgan fingerprint density at radius 3 is 2.55 bits per heavy atom. The van der Waals surface area contributed by atoms with Gasteiger partial charge in [0.15, 0.2) is 0 Å². The van der Waals surface area contributed by atoms with Crippen molar-refractivity contribution >= 4 is 18.5 Å². The van der Waals surface area contributed by atoms with E-state index < -0.39 is 0 Å². The molecule has 2 nitrogen and oxygen atoms in total. The largest absolute Gasteiger partial charge is 0.342 e. The Labute approximate surface area is 73.4 Å². The van der Waals surface area contributed by atoms with Gasteiger partial charge in [-0.25, -0.2) is 0 Å². The van der Waals surface area contributed by atoms with Crippen LogP contribution in [0.25, 0.3) is 0 Å². The van der Waals surface area contributed by atoms with Gasteiger partial charge >= 0.3 is 0 Å². The van der Waals surface area contributed by atoms with E-state index in [0.717, 1.165) is 32.4 Å². The van der Waals surface area contributed by atoms with Gasteiger partial charge in [-0.1, -0.05) is 6.92 Å². The van der Waals surface area contributed by atoms with E-state index in [1.54, 1.807) is 0 Å². The summed E-state index contributed by atoms with van der Waals surface area (Å²) in [6, 6.07) is 0. The molecule has 3 heteroatoms. The molecule has 1 atom stereocenters. The lowest BCUT2D eigenvalue weighted by atomic mass is 10.3. The Morgan fingerprint density at radius 2 is 2.09 bits per heavy atom. The van der Waals surface area contributed by atoms with Crippen LogP contribution in [0.1, 0.15) is 26.2 Å². The molecule has 0 aliphatic carbocycles. The van der Waals surface area contributed by atoms with Gasteiger partial charge in [0.1, 0.15) is 0 Å². The maximum Gasteiger partial charge on any atom is 0.235 e. The maximum atomic E-state index is 11.4. The summed E-state index contributed by atoms with van der Waals surface area (Å²) in [6.07, 6.45) is 3.16. The fourth-order valence-electron chi connectivity index (χ4n) is 1.32. The number of hydrogen-bond acceptors (Lipinski definition) is 2. The van der Waals surface area contributed by atoms with Crippen LogP contribution in [-0.4, -0.2) is 29.1 Å². The van der Waals surface area contributed by atoms with Crippen molar-refractivity contribution in [2.24, 2.45) is 0 Å². The third-order valence-corrected chi connectivity index (χ3v) is 2.68. The van der Waals surface area contributed by atoms with Crippen LogP contribution >= 0.6 is 12.6 Å². The third-order valence-electron chi connectivity index (χ3n) is 2.09. The molecule has 1 aliphatic rings. The minimum atomic E-state index is -0.0758. The standard InChI is InChI=1S/C8H15NOS/c1-2-7(11)8(10)9-5-3-4-6-9/h7,11H,2-6H2,1H3. The number of likely N-dealkylation sites (tertiary alicyclic amines) is 1. The van der Waals surface area contributed by atoms with Crippen molar-refractivity contribution in [1.82, 2.24) is 4.90 Å². The quantitative estimate of drug-likeness (QED) is 0.624. The van der Waals surface area contributed by atoms with E-state index in [-0.39, 0.29) is 11.2 Å².